The second-order valence-corrected chi connectivity index (χ2v) is 6.91. The Hall–Kier alpha value is -2.88. The van der Waals surface area contributed by atoms with E-state index in [1.54, 1.807) is 6.20 Å². The van der Waals surface area contributed by atoms with Crippen molar-refractivity contribution < 1.29 is 4.79 Å². The lowest BCUT2D eigenvalue weighted by atomic mass is 9.88. The highest BCUT2D eigenvalue weighted by molar-refractivity contribution is 5.93. The van der Waals surface area contributed by atoms with Gasteiger partial charge in [-0.15, -0.1) is 0 Å². The molecule has 1 amide bonds. The second kappa shape index (κ2) is 7.56. The van der Waals surface area contributed by atoms with Crippen LogP contribution < -0.4 is 10.6 Å². The molecular formula is C22H23N3O. The van der Waals surface area contributed by atoms with E-state index in [0.717, 1.165) is 40.8 Å². The molecule has 1 fully saturated rings. The monoisotopic (exact) mass is 345 g/mol. The molecule has 0 spiro atoms. The summed E-state index contributed by atoms with van der Waals surface area (Å²) in [6.45, 7) is 0. The van der Waals surface area contributed by atoms with Crippen LogP contribution in [0.1, 0.15) is 32.1 Å². The molecule has 132 valence electrons. The van der Waals surface area contributed by atoms with Crippen LogP contribution in [-0.2, 0) is 4.79 Å². The largest absolute Gasteiger partial charge is 0.354 e. The highest BCUT2D eigenvalue weighted by atomic mass is 16.1. The summed E-state index contributed by atoms with van der Waals surface area (Å²) in [6, 6.07) is 17.9. The van der Waals surface area contributed by atoms with Crippen LogP contribution in [0.15, 0.2) is 60.8 Å². The van der Waals surface area contributed by atoms with Crippen molar-refractivity contribution in [2.45, 2.75) is 32.1 Å². The summed E-state index contributed by atoms with van der Waals surface area (Å²) in [6.07, 6.45) is 7.42. The van der Waals surface area contributed by atoms with Crippen LogP contribution in [0.4, 0.5) is 17.1 Å². The Morgan fingerprint density at radius 2 is 1.62 bits per heavy atom. The number of amides is 1. The van der Waals surface area contributed by atoms with Crippen LogP contribution in [0.5, 0.6) is 0 Å². The van der Waals surface area contributed by atoms with Crippen molar-refractivity contribution in [3.63, 3.8) is 0 Å². The number of hydrogen-bond acceptors (Lipinski definition) is 3. The Morgan fingerprint density at radius 3 is 2.42 bits per heavy atom. The Bertz CT molecular complexity index is 893. The number of rotatable bonds is 4. The molecular weight excluding hydrogens is 322 g/mol. The maximum atomic E-state index is 12.4. The van der Waals surface area contributed by atoms with Gasteiger partial charge < -0.3 is 10.6 Å². The summed E-state index contributed by atoms with van der Waals surface area (Å²) >= 11 is 0. The van der Waals surface area contributed by atoms with Crippen LogP contribution in [0.2, 0.25) is 0 Å². The minimum Gasteiger partial charge on any atom is -0.354 e. The number of carbonyl (C=O) groups excluding carboxylic acids is 1. The van der Waals surface area contributed by atoms with E-state index in [9.17, 15) is 4.79 Å². The Labute approximate surface area is 153 Å². The van der Waals surface area contributed by atoms with E-state index < -0.39 is 0 Å². The summed E-state index contributed by atoms with van der Waals surface area (Å²) in [5.74, 6) is 0.326. The van der Waals surface area contributed by atoms with E-state index in [2.05, 4.69) is 27.8 Å². The van der Waals surface area contributed by atoms with Crippen LogP contribution in [0.25, 0.3) is 10.9 Å². The number of fused-ring (bicyclic) bond motifs is 1. The molecule has 4 nitrogen and oxygen atoms in total. The maximum Gasteiger partial charge on any atom is 0.227 e. The molecule has 2 N–H and O–H groups in total. The van der Waals surface area contributed by atoms with Gasteiger partial charge in [-0.3, -0.25) is 9.78 Å². The number of nitrogens with zero attached hydrogens (tertiary/aromatic N) is 1. The standard InChI is InChI=1S/C22H23N3O/c26-22(17-6-2-1-3-7-17)25-19-13-11-18(12-14-19)24-20-10-4-8-16-9-5-15-23-21(16)20/h4-5,8-15,17,24H,1-3,6-7H2,(H,25,26). The van der Waals surface area contributed by atoms with E-state index in [-0.39, 0.29) is 11.8 Å². The van der Waals surface area contributed by atoms with Gasteiger partial charge in [0.2, 0.25) is 5.91 Å². The first-order chi connectivity index (χ1) is 12.8. The van der Waals surface area contributed by atoms with Gasteiger partial charge in [-0.25, -0.2) is 0 Å². The number of para-hydroxylation sites is 1. The number of aromatic nitrogens is 1. The zero-order valence-electron chi connectivity index (χ0n) is 14.7. The van der Waals surface area contributed by atoms with E-state index in [1.165, 1.54) is 19.3 Å². The molecule has 4 rings (SSSR count). The van der Waals surface area contributed by atoms with Gasteiger partial charge in [-0.05, 0) is 49.2 Å². The fraction of sp³-hybridized carbons (Fsp3) is 0.273. The molecule has 0 radical (unpaired) electrons. The minimum atomic E-state index is 0.156. The number of anilines is 3. The van der Waals surface area contributed by atoms with Gasteiger partial charge in [0.05, 0.1) is 11.2 Å². The van der Waals surface area contributed by atoms with Crippen molar-refractivity contribution in [2.24, 2.45) is 5.92 Å². The topological polar surface area (TPSA) is 54.0 Å². The number of pyridine rings is 1. The highest BCUT2D eigenvalue weighted by Crippen LogP contribution is 2.27. The van der Waals surface area contributed by atoms with Gasteiger partial charge in [0, 0.05) is 28.9 Å². The molecule has 1 aliphatic rings. The average Bonchev–Trinajstić information content (AvgIpc) is 2.70. The zero-order chi connectivity index (χ0) is 17.8. The Kier molecular flexibility index (Phi) is 4.82. The van der Waals surface area contributed by atoms with E-state index in [1.807, 2.05) is 42.5 Å². The summed E-state index contributed by atoms with van der Waals surface area (Å²) in [4.78, 5) is 16.8. The van der Waals surface area contributed by atoms with Gasteiger partial charge in [0.25, 0.3) is 0 Å². The number of hydrogen-bond donors (Lipinski definition) is 2. The predicted molar refractivity (Wildman–Crippen MR) is 107 cm³/mol. The third-order valence-electron chi connectivity index (χ3n) is 5.04. The van der Waals surface area contributed by atoms with Crippen molar-refractivity contribution in [3.8, 4) is 0 Å². The van der Waals surface area contributed by atoms with Crippen molar-refractivity contribution in [3.05, 3.63) is 60.8 Å². The Morgan fingerprint density at radius 1 is 0.885 bits per heavy atom. The van der Waals surface area contributed by atoms with E-state index >= 15 is 0 Å². The first-order valence-electron chi connectivity index (χ1n) is 9.31. The summed E-state index contributed by atoms with van der Waals surface area (Å²) in [7, 11) is 0. The average molecular weight is 345 g/mol. The van der Waals surface area contributed by atoms with Crippen LogP contribution in [0, 0.1) is 5.92 Å². The van der Waals surface area contributed by atoms with Crippen molar-refractivity contribution in [2.75, 3.05) is 10.6 Å². The van der Waals surface area contributed by atoms with Crippen LogP contribution >= 0.6 is 0 Å². The molecule has 0 atom stereocenters. The van der Waals surface area contributed by atoms with Crippen molar-refractivity contribution >= 4 is 33.9 Å². The summed E-state index contributed by atoms with van der Waals surface area (Å²) in [5.41, 5.74) is 3.74. The van der Waals surface area contributed by atoms with Gasteiger partial charge in [-0.1, -0.05) is 37.5 Å². The van der Waals surface area contributed by atoms with E-state index in [4.69, 9.17) is 0 Å². The molecule has 0 unspecified atom stereocenters. The highest BCUT2D eigenvalue weighted by Gasteiger charge is 2.20. The minimum absolute atomic E-state index is 0.156. The quantitative estimate of drug-likeness (QED) is 0.657. The Balaban J connectivity index is 1.45. The molecule has 1 saturated carbocycles. The lowest BCUT2D eigenvalue weighted by molar-refractivity contribution is -0.120. The third-order valence-corrected chi connectivity index (χ3v) is 5.04. The fourth-order valence-corrected chi connectivity index (χ4v) is 3.61. The molecule has 1 heterocycles. The molecule has 0 saturated heterocycles. The lowest BCUT2D eigenvalue weighted by Crippen LogP contribution is -2.24. The molecule has 4 heteroatoms. The first-order valence-corrected chi connectivity index (χ1v) is 9.31. The van der Waals surface area contributed by atoms with Crippen molar-refractivity contribution in [1.82, 2.24) is 4.98 Å². The fourth-order valence-electron chi connectivity index (χ4n) is 3.61. The molecule has 26 heavy (non-hydrogen) atoms. The number of carbonyl (C=O) groups is 1. The first kappa shape index (κ1) is 16.6. The lowest BCUT2D eigenvalue weighted by Gasteiger charge is -2.20. The molecule has 0 bridgehead atoms. The molecule has 1 aliphatic carbocycles. The normalized spacial score (nSPS) is 14.9. The van der Waals surface area contributed by atoms with Gasteiger partial charge in [0.15, 0.2) is 0 Å². The summed E-state index contributed by atoms with van der Waals surface area (Å²) in [5, 5.41) is 7.57. The second-order valence-electron chi connectivity index (χ2n) is 6.91. The molecule has 2 aromatic carbocycles. The third kappa shape index (κ3) is 3.69. The van der Waals surface area contributed by atoms with Gasteiger partial charge >= 0.3 is 0 Å². The van der Waals surface area contributed by atoms with Gasteiger partial charge in [-0.2, -0.15) is 0 Å². The molecule has 0 aliphatic heterocycles. The number of nitrogens with one attached hydrogen (secondary N) is 2. The summed E-state index contributed by atoms with van der Waals surface area (Å²) < 4.78 is 0. The number of benzene rings is 2. The maximum absolute atomic E-state index is 12.4. The smallest absolute Gasteiger partial charge is 0.227 e. The molecule has 1 aromatic heterocycles. The van der Waals surface area contributed by atoms with Crippen molar-refractivity contribution in [1.29, 1.82) is 0 Å². The zero-order valence-corrected chi connectivity index (χ0v) is 14.7. The van der Waals surface area contributed by atoms with Crippen LogP contribution in [-0.4, -0.2) is 10.9 Å². The molecule has 3 aromatic rings. The van der Waals surface area contributed by atoms with E-state index in [0.29, 0.717) is 0 Å². The van der Waals surface area contributed by atoms with Gasteiger partial charge in [0.1, 0.15) is 0 Å². The van der Waals surface area contributed by atoms with Crippen LogP contribution in [0.3, 0.4) is 0 Å². The predicted octanol–water partition coefficient (Wildman–Crippen LogP) is 5.50. The SMILES string of the molecule is O=C(Nc1ccc(Nc2cccc3cccnc23)cc1)C1CCCCC1.